The summed E-state index contributed by atoms with van der Waals surface area (Å²) in [7, 11) is 0. The molecule has 1 aliphatic rings. The van der Waals surface area contributed by atoms with Gasteiger partial charge in [0.15, 0.2) is 0 Å². The molecule has 0 bridgehead atoms. The first-order valence-electron chi connectivity index (χ1n) is 9.53. The summed E-state index contributed by atoms with van der Waals surface area (Å²) in [6.45, 7) is 9.72. The zero-order chi connectivity index (χ0) is 19.4. The number of rotatable bonds is 5. The molecule has 1 saturated heterocycles. The molecule has 146 valence electrons. The molecule has 2 aromatic heterocycles. The lowest BCUT2D eigenvalue weighted by Gasteiger charge is -2.33. The molecule has 0 saturated carbocycles. The minimum Gasteiger partial charge on any atom is -0.356 e. The summed E-state index contributed by atoms with van der Waals surface area (Å²) in [5.41, 5.74) is 1.91. The van der Waals surface area contributed by atoms with Gasteiger partial charge in [0, 0.05) is 36.3 Å². The predicted molar refractivity (Wildman–Crippen MR) is 108 cm³/mol. The Kier molecular flexibility index (Phi) is 6.26. The number of nitrogens with one attached hydrogen (secondary N) is 2. The zero-order valence-corrected chi connectivity index (χ0v) is 17.3. The Morgan fingerprint density at radius 2 is 2.04 bits per heavy atom. The van der Waals surface area contributed by atoms with Crippen LogP contribution in [0.4, 0.5) is 10.6 Å². The molecule has 8 heteroatoms. The van der Waals surface area contributed by atoms with Crippen molar-refractivity contribution >= 4 is 23.2 Å². The number of amides is 2. The number of piperidine rings is 1. The molecule has 1 fully saturated rings. The van der Waals surface area contributed by atoms with Gasteiger partial charge < -0.3 is 15.5 Å². The van der Waals surface area contributed by atoms with Crippen molar-refractivity contribution in [2.45, 2.75) is 59.0 Å². The maximum atomic E-state index is 12.3. The van der Waals surface area contributed by atoms with Crippen LogP contribution in [0.3, 0.4) is 0 Å². The summed E-state index contributed by atoms with van der Waals surface area (Å²) in [6.07, 6.45) is 2.73. The largest absolute Gasteiger partial charge is 0.356 e. The second-order valence-corrected chi connectivity index (χ2v) is 7.98. The van der Waals surface area contributed by atoms with Gasteiger partial charge in [0.2, 0.25) is 0 Å². The van der Waals surface area contributed by atoms with Gasteiger partial charge >= 0.3 is 6.03 Å². The molecule has 0 aromatic carbocycles. The van der Waals surface area contributed by atoms with E-state index in [9.17, 15) is 4.79 Å². The molecule has 1 aliphatic heterocycles. The van der Waals surface area contributed by atoms with Gasteiger partial charge in [-0.1, -0.05) is 6.92 Å². The summed E-state index contributed by atoms with van der Waals surface area (Å²) in [5, 5.41) is 9.22. The molecule has 0 spiro atoms. The fourth-order valence-electron chi connectivity index (χ4n) is 3.30. The first-order chi connectivity index (χ1) is 12.9. The molecule has 0 radical (unpaired) electrons. The molecular weight excluding hydrogens is 360 g/mol. The van der Waals surface area contributed by atoms with E-state index >= 15 is 0 Å². The number of hydrogen-bond acceptors (Lipinski definition) is 6. The van der Waals surface area contributed by atoms with E-state index in [0.29, 0.717) is 0 Å². The third-order valence-electron chi connectivity index (χ3n) is 4.77. The summed E-state index contributed by atoms with van der Waals surface area (Å²) >= 11 is 1.64. The highest BCUT2D eigenvalue weighted by molar-refractivity contribution is 7.09. The summed E-state index contributed by atoms with van der Waals surface area (Å²) in [6, 6.07) is 1.99. The fraction of sp³-hybridized carbons (Fsp3) is 0.579. The Labute approximate surface area is 164 Å². The Bertz CT molecular complexity index is 764. The number of aryl methyl sites for hydroxylation is 3. The number of thiazole rings is 1. The summed E-state index contributed by atoms with van der Waals surface area (Å²) in [5.74, 6) is 1.78. The van der Waals surface area contributed by atoms with Gasteiger partial charge in [-0.2, -0.15) is 0 Å². The van der Waals surface area contributed by atoms with Crippen LogP contribution in [0, 0.1) is 13.8 Å². The van der Waals surface area contributed by atoms with Crippen LogP contribution in [-0.2, 0) is 6.42 Å². The maximum Gasteiger partial charge on any atom is 0.315 e. The second-order valence-electron chi connectivity index (χ2n) is 7.04. The Hall–Kier alpha value is -2.22. The number of nitrogens with zero attached hydrogens (tertiary/aromatic N) is 4. The normalized spacial score (nSPS) is 16.2. The number of anilines is 1. The van der Waals surface area contributed by atoms with Crippen molar-refractivity contribution in [2.24, 2.45) is 0 Å². The lowest BCUT2D eigenvalue weighted by atomic mass is 10.1. The Balaban J connectivity index is 1.47. The van der Waals surface area contributed by atoms with Gasteiger partial charge in [0.25, 0.3) is 0 Å². The third-order valence-corrected chi connectivity index (χ3v) is 5.78. The van der Waals surface area contributed by atoms with E-state index in [4.69, 9.17) is 0 Å². The molecule has 2 amide bonds. The first-order valence-corrected chi connectivity index (χ1v) is 10.4. The number of aromatic nitrogens is 3. The molecule has 0 aliphatic carbocycles. The van der Waals surface area contributed by atoms with Crippen molar-refractivity contribution in [1.82, 2.24) is 25.6 Å². The molecule has 27 heavy (non-hydrogen) atoms. The maximum absolute atomic E-state index is 12.3. The van der Waals surface area contributed by atoms with Crippen LogP contribution in [0.1, 0.15) is 55.0 Å². The van der Waals surface area contributed by atoms with Crippen molar-refractivity contribution in [3.8, 4) is 0 Å². The fourth-order valence-corrected chi connectivity index (χ4v) is 4.13. The van der Waals surface area contributed by atoms with E-state index in [1.807, 2.05) is 32.2 Å². The number of carbonyl (C=O) groups excluding carboxylic acids is 1. The van der Waals surface area contributed by atoms with Crippen molar-refractivity contribution in [1.29, 1.82) is 0 Å². The van der Waals surface area contributed by atoms with Crippen molar-refractivity contribution in [3.63, 3.8) is 0 Å². The average Bonchev–Trinajstić information content (AvgIpc) is 3.11. The smallest absolute Gasteiger partial charge is 0.315 e. The van der Waals surface area contributed by atoms with Crippen LogP contribution in [-0.4, -0.2) is 40.1 Å². The highest BCUT2D eigenvalue weighted by Gasteiger charge is 2.23. The van der Waals surface area contributed by atoms with Crippen LogP contribution in [0.2, 0.25) is 0 Å². The van der Waals surface area contributed by atoms with E-state index in [1.54, 1.807) is 11.3 Å². The molecule has 1 unspecified atom stereocenters. The van der Waals surface area contributed by atoms with E-state index in [0.717, 1.165) is 60.4 Å². The highest BCUT2D eigenvalue weighted by Crippen LogP contribution is 2.19. The van der Waals surface area contributed by atoms with E-state index in [-0.39, 0.29) is 18.1 Å². The van der Waals surface area contributed by atoms with Gasteiger partial charge in [-0.15, -0.1) is 11.3 Å². The van der Waals surface area contributed by atoms with Crippen molar-refractivity contribution in [2.75, 3.05) is 18.0 Å². The van der Waals surface area contributed by atoms with Gasteiger partial charge in [0.1, 0.15) is 11.6 Å². The van der Waals surface area contributed by atoms with Gasteiger partial charge in [-0.25, -0.2) is 19.7 Å². The minimum absolute atomic E-state index is 0.0893. The van der Waals surface area contributed by atoms with Crippen LogP contribution in [0.5, 0.6) is 0 Å². The van der Waals surface area contributed by atoms with Gasteiger partial charge in [0.05, 0.1) is 16.7 Å². The van der Waals surface area contributed by atoms with Crippen LogP contribution in [0.25, 0.3) is 0 Å². The van der Waals surface area contributed by atoms with Crippen LogP contribution in [0.15, 0.2) is 11.4 Å². The SMILES string of the molecule is CCc1nc(C(C)NC(=O)NC2CCN(c3cc(C)nc(C)n3)CC2)cs1. The molecule has 3 rings (SSSR count). The number of carbonyl (C=O) groups is 1. The second kappa shape index (κ2) is 8.65. The van der Waals surface area contributed by atoms with E-state index in [1.165, 1.54) is 0 Å². The van der Waals surface area contributed by atoms with E-state index in [2.05, 4.69) is 37.4 Å². The van der Waals surface area contributed by atoms with Crippen molar-refractivity contribution in [3.05, 3.63) is 33.7 Å². The molecule has 7 nitrogen and oxygen atoms in total. The van der Waals surface area contributed by atoms with Crippen LogP contribution >= 0.6 is 11.3 Å². The predicted octanol–water partition coefficient (Wildman–Crippen LogP) is 3.14. The van der Waals surface area contributed by atoms with Crippen LogP contribution < -0.4 is 15.5 Å². The highest BCUT2D eigenvalue weighted by atomic mass is 32.1. The topological polar surface area (TPSA) is 83.0 Å². The van der Waals surface area contributed by atoms with Gasteiger partial charge in [-0.05, 0) is 40.0 Å². The lowest BCUT2D eigenvalue weighted by molar-refractivity contribution is 0.231. The zero-order valence-electron chi connectivity index (χ0n) is 16.5. The van der Waals surface area contributed by atoms with E-state index < -0.39 is 0 Å². The summed E-state index contributed by atoms with van der Waals surface area (Å²) < 4.78 is 0. The quantitative estimate of drug-likeness (QED) is 0.822. The molecule has 3 heterocycles. The number of hydrogen-bond donors (Lipinski definition) is 2. The molecule has 2 N–H and O–H groups in total. The van der Waals surface area contributed by atoms with Gasteiger partial charge in [-0.3, -0.25) is 0 Å². The molecular formula is C19H28N6OS. The lowest BCUT2D eigenvalue weighted by Crippen LogP contribution is -2.48. The Morgan fingerprint density at radius 1 is 1.30 bits per heavy atom. The molecule has 2 aromatic rings. The number of urea groups is 1. The minimum atomic E-state index is -0.124. The standard InChI is InChI=1S/C19H28N6OS/c1-5-18-24-16(11-27-18)13(3)21-19(26)23-15-6-8-25(9-7-15)17-10-12(2)20-14(4)22-17/h10-11,13,15H,5-9H2,1-4H3,(H2,21,23,26). The van der Waals surface area contributed by atoms with Crippen molar-refractivity contribution < 1.29 is 4.79 Å². The first kappa shape index (κ1) is 19.5. The monoisotopic (exact) mass is 388 g/mol. The average molecular weight is 389 g/mol. The summed E-state index contributed by atoms with van der Waals surface area (Å²) in [4.78, 5) is 28.0. The third kappa shape index (κ3) is 5.15. The Morgan fingerprint density at radius 3 is 2.67 bits per heavy atom. The molecule has 1 atom stereocenters.